The average molecular weight is 388 g/mol. The molecule has 1 aromatic carbocycles. The molecule has 29 heavy (non-hydrogen) atoms. The minimum absolute atomic E-state index is 0.0418. The summed E-state index contributed by atoms with van der Waals surface area (Å²) < 4.78 is 2.13. The van der Waals surface area contributed by atoms with Gasteiger partial charge in [0.15, 0.2) is 5.82 Å². The van der Waals surface area contributed by atoms with Crippen molar-refractivity contribution in [3.05, 3.63) is 60.0 Å². The summed E-state index contributed by atoms with van der Waals surface area (Å²) in [4.78, 5) is 19.8. The Labute approximate surface area is 169 Å². The molecule has 0 spiro atoms. The van der Waals surface area contributed by atoms with Crippen molar-refractivity contribution >= 4 is 11.7 Å². The van der Waals surface area contributed by atoms with Crippen LogP contribution in [0.4, 0.5) is 5.82 Å². The Morgan fingerprint density at radius 3 is 2.69 bits per heavy atom. The van der Waals surface area contributed by atoms with E-state index in [9.17, 15) is 4.79 Å². The molecule has 2 aliphatic heterocycles. The molecule has 148 valence electrons. The number of rotatable bonds is 4. The van der Waals surface area contributed by atoms with Crippen molar-refractivity contribution in [2.24, 2.45) is 0 Å². The lowest BCUT2D eigenvalue weighted by Crippen LogP contribution is -2.41. The predicted octanol–water partition coefficient (Wildman–Crippen LogP) is 2.69. The van der Waals surface area contributed by atoms with Crippen molar-refractivity contribution in [3.63, 3.8) is 0 Å². The maximum absolute atomic E-state index is 13.1. The third-order valence-electron chi connectivity index (χ3n) is 5.75. The number of amides is 1. The number of hydrogen-bond acceptors (Lipinski definition) is 5. The minimum atomic E-state index is -0.0530. The van der Waals surface area contributed by atoms with Gasteiger partial charge in [0.25, 0.3) is 5.91 Å². The number of fused-ring (bicyclic) bond motifs is 1. The molecule has 1 fully saturated rings. The molecule has 4 heterocycles. The molecule has 5 rings (SSSR count). The number of benzene rings is 1. The van der Waals surface area contributed by atoms with Gasteiger partial charge in [-0.2, -0.15) is 0 Å². The van der Waals surface area contributed by atoms with Crippen molar-refractivity contribution in [2.45, 2.75) is 38.3 Å². The molecule has 1 amide bonds. The molecule has 3 aromatic rings. The van der Waals surface area contributed by atoms with Crippen molar-refractivity contribution in [2.75, 3.05) is 18.0 Å². The van der Waals surface area contributed by atoms with E-state index in [1.54, 1.807) is 6.20 Å². The summed E-state index contributed by atoms with van der Waals surface area (Å²) in [5.74, 6) is 2.59. The van der Waals surface area contributed by atoms with Crippen LogP contribution >= 0.6 is 0 Å². The number of aromatic nitrogens is 4. The highest BCUT2D eigenvalue weighted by Crippen LogP contribution is 2.25. The lowest BCUT2D eigenvalue weighted by Gasteiger charge is -2.26. The van der Waals surface area contributed by atoms with Gasteiger partial charge < -0.3 is 14.8 Å². The van der Waals surface area contributed by atoms with Gasteiger partial charge in [0, 0.05) is 43.9 Å². The van der Waals surface area contributed by atoms with Gasteiger partial charge in [0.1, 0.15) is 11.6 Å². The van der Waals surface area contributed by atoms with E-state index in [4.69, 9.17) is 0 Å². The fourth-order valence-corrected chi connectivity index (χ4v) is 4.26. The second-order valence-electron chi connectivity index (χ2n) is 7.69. The van der Waals surface area contributed by atoms with Gasteiger partial charge in [-0.25, -0.2) is 4.98 Å². The van der Waals surface area contributed by atoms with Crippen LogP contribution in [0.5, 0.6) is 0 Å². The maximum atomic E-state index is 13.1. The largest absolute Gasteiger partial charge is 0.356 e. The average Bonchev–Trinajstić information content (AvgIpc) is 3.44. The molecule has 7 heteroatoms. The Morgan fingerprint density at radius 1 is 1.03 bits per heavy atom. The minimum Gasteiger partial charge on any atom is -0.356 e. The van der Waals surface area contributed by atoms with Gasteiger partial charge in [0.05, 0.1) is 5.56 Å². The highest BCUT2D eigenvalue weighted by molar-refractivity contribution is 5.99. The third kappa shape index (κ3) is 3.48. The Balaban J connectivity index is 1.35. The Bertz CT molecular complexity index is 1010. The van der Waals surface area contributed by atoms with Crippen LogP contribution in [-0.4, -0.2) is 44.8 Å². The smallest absolute Gasteiger partial charge is 0.255 e. The number of carbonyl (C=O) groups excluding carboxylic acids is 1. The van der Waals surface area contributed by atoms with Crippen LogP contribution in [0, 0.1) is 0 Å². The molecule has 0 saturated carbocycles. The standard InChI is InChI=1S/C22H24N6O/c29-22(18-9-6-12-23-21(18)27-13-4-5-14-27)24-17-10-11-19-25-26-20(28(19)15-17)16-7-2-1-3-8-16/h1-3,6-9,12,17H,4-5,10-11,13-15H2,(H,24,29). The second-order valence-corrected chi connectivity index (χ2v) is 7.69. The van der Waals surface area contributed by atoms with Gasteiger partial charge in [-0.3, -0.25) is 4.79 Å². The maximum Gasteiger partial charge on any atom is 0.255 e. The first-order valence-electron chi connectivity index (χ1n) is 10.3. The van der Waals surface area contributed by atoms with Gasteiger partial charge in [-0.1, -0.05) is 30.3 Å². The number of nitrogens with zero attached hydrogens (tertiary/aromatic N) is 5. The van der Waals surface area contributed by atoms with E-state index < -0.39 is 0 Å². The zero-order valence-corrected chi connectivity index (χ0v) is 16.3. The molecule has 0 bridgehead atoms. The van der Waals surface area contributed by atoms with Crippen LogP contribution < -0.4 is 10.2 Å². The van der Waals surface area contributed by atoms with Gasteiger partial charge in [0.2, 0.25) is 0 Å². The Kier molecular flexibility index (Phi) is 4.71. The number of hydrogen-bond donors (Lipinski definition) is 1. The van der Waals surface area contributed by atoms with E-state index in [2.05, 4.69) is 30.0 Å². The van der Waals surface area contributed by atoms with Crippen LogP contribution in [0.25, 0.3) is 11.4 Å². The molecule has 1 atom stereocenters. The monoisotopic (exact) mass is 388 g/mol. The quantitative estimate of drug-likeness (QED) is 0.744. The first kappa shape index (κ1) is 17.8. The van der Waals surface area contributed by atoms with Crippen molar-refractivity contribution in [3.8, 4) is 11.4 Å². The Hall–Kier alpha value is -3.22. The fourth-order valence-electron chi connectivity index (χ4n) is 4.26. The Morgan fingerprint density at radius 2 is 1.86 bits per heavy atom. The first-order chi connectivity index (χ1) is 14.3. The molecule has 0 aliphatic carbocycles. The van der Waals surface area contributed by atoms with E-state index in [0.29, 0.717) is 12.1 Å². The summed E-state index contributed by atoms with van der Waals surface area (Å²) in [6, 6.07) is 13.8. The van der Waals surface area contributed by atoms with E-state index in [0.717, 1.165) is 61.8 Å². The van der Waals surface area contributed by atoms with Crippen molar-refractivity contribution in [1.29, 1.82) is 0 Å². The van der Waals surface area contributed by atoms with Crippen molar-refractivity contribution < 1.29 is 4.79 Å². The fraction of sp³-hybridized carbons (Fsp3) is 0.364. The molecule has 0 radical (unpaired) electrons. The van der Waals surface area contributed by atoms with Crippen LogP contribution in [-0.2, 0) is 13.0 Å². The number of carbonyl (C=O) groups is 1. The summed E-state index contributed by atoms with van der Waals surface area (Å²) in [5.41, 5.74) is 1.70. The van der Waals surface area contributed by atoms with E-state index in [1.807, 2.05) is 42.5 Å². The van der Waals surface area contributed by atoms with E-state index in [-0.39, 0.29) is 11.9 Å². The molecule has 1 unspecified atom stereocenters. The van der Waals surface area contributed by atoms with Crippen LogP contribution in [0.2, 0.25) is 0 Å². The molecule has 2 aromatic heterocycles. The molecule has 7 nitrogen and oxygen atoms in total. The van der Waals surface area contributed by atoms with Crippen LogP contribution in [0.1, 0.15) is 35.4 Å². The highest BCUT2D eigenvalue weighted by atomic mass is 16.1. The lowest BCUT2D eigenvalue weighted by atomic mass is 10.1. The van der Waals surface area contributed by atoms with Gasteiger partial charge in [-0.05, 0) is 31.4 Å². The molecule has 2 aliphatic rings. The zero-order valence-electron chi connectivity index (χ0n) is 16.3. The molecular weight excluding hydrogens is 364 g/mol. The number of pyridine rings is 1. The van der Waals surface area contributed by atoms with Crippen molar-refractivity contribution in [1.82, 2.24) is 25.1 Å². The van der Waals surface area contributed by atoms with Gasteiger partial charge in [-0.15, -0.1) is 10.2 Å². The summed E-state index contributed by atoms with van der Waals surface area (Å²) in [5, 5.41) is 12.0. The first-order valence-corrected chi connectivity index (χ1v) is 10.3. The van der Waals surface area contributed by atoms with Crippen LogP contribution in [0.3, 0.4) is 0 Å². The number of nitrogens with one attached hydrogen (secondary N) is 1. The zero-order chi connectivity index (χ0) is 19.6. The molecular formula is C22H24N6O. The summed E-state index contributed by atoms with van der Waals surface area (Å²) >= 11 is 0. The normalized spacial score (nSPS) is 18.5. The lowest BCUT2D eigenvalue weighted by molar-refractivity contribution is 0.0928. The SMILES string of the molecule is O=C(NC1CCc2nnc(-c3ccccc3)n2C1)c1cccnc1N1CCCC1. The molecule has 1 saturated heterocycles. The number of anilines is 1. The highest BCUT2D eigenvalue weighted by Gasteiger charge is 2.27. The van der Waals surface area contributed by atoms with Crippen LogP contribution in [0.15, 0.2) is 48.7 Å². The van der Waals surface area contributed by atoms with E-state index in [1.165, 1.54) is 0 Å². The third-order valence-corrected chi connectivity index (χ3v) is 5.75. The van der Waals surface area contributed by atoms with Gasteiger partial charge >= 0.3 is 0 Å². The number of aryl methyl sites for hydroxylation is 1. The predicted molar refractivity (Wildman–Crippen MR) is 111 cm³/mol. The summed E-state index contributed by atoms with van der Waals surface area (Å²) in [6.45, 7) is 2.61. The second kappa shape index (κ2) is 7.66. The van der Waals surface area contributed by atoms with E-state index >= 15 is 0 Å². The summed E-state index contributed by atoms with van der Waals surface area (Å²) in [6.07, 6.45) is 5.73. The molecule has 1 N–H and O–H groups in total. The summed E-state index contributed by atoms with van der Waals surface area (Å²) in [7, 11) is 0. The topological polar surface area (TPSA) is 75.9 Å².